The van der Waals surface area contributed by atoms with Crippen LogP contribution in [0.1, 0.15) is 53.9 Å². The number of rotatable bonds is 10. The van der Waals surface area contributed by atoms with Crippen molar-refractivity contribution in [3.63, 3.8) is 0 Å². The minimum atomic E-state index is 0.257. The first-order chi connectivity index (χ1) is 7.48. The van der Waals surface area contributed by atoms with Gasteiger partial charge in [-0.3, -0.25) is 0 Å². The Morgan fingerprint density at radius 3 is 2.50 bits per heavy atom. The van der Waals surface area contributed by atoms with Crippen LogP contribution in [0.4, 0.5) is 0 Å². The molecular weight excluding hydrogens is 198 g/mol. The van der Waals surface area contributed by atoms with Crippen LogP contribution in [-0.4, -0.2) is 26.3 Å². The van der Waals surface area contributed by atoms with Gasteiger partial charge in [0.2, 0.25) is 0 Å². The van der Waals surface area contributed by atoms with Crippen molar-refractivity contribution in [3.05, 3.63) is 0 Å². The Labute approximate surface area is 102 Å². The summed E-state index contributed by atoms with van der Waals surface area (Å²) in [6.45, 7) is 15.2. The Kier molecular flexibility index (Phi) is 8.96. The fourth-order valence-electron chi connectivity index (χ4n) is 1.60. The molecule has 0 saturated heterocycles. The maximum Gasteiger partial charge on any atom is 0.0529 e. The van der Waals surface area contributed by atoms with Crippen LogP contribution < -0.4 is 5.32 Å². The fraction of sp³-hybridized carbons (Fsp3) is 1.00. The lowest BCUT2D eigenvalue weighted by atomic mass is 9.95. The van der Waals surface area contributed by atoms with E-state index in [4.69, 9.17) is 4.74 Å². The van der Waals surface area contributed by atoms with Crippen LogP contribution in [0.5, 0.6) is 0 Å². The minimum Gasteiger partial charge on any atom is -0.381 e. The van der Waals surface area contributed by atoms with Crippen LogP contribution in [0.25, 0.3) is 0 Å². The molecule has 0 aliphatic rings. The summed E-state index contributed by atoms with van der Waals surface area (Å²) in [7, 11) is 0. The predicted octanol–water partition coefficient (Wildman–Crippen LogP) is 3.47. The van der Waals surface area contributed by atoms with E-state index in [1.807, 2.05) is 0 Å². The lowest BCUT2D eigenvalue weighted by Gasteiger charge is -2.25. The zero-order chi connectivity index (χ0) is 12.4. The first kappa shape index (κ1) is 15.9. The third kappa shape index (κ3) is 10.4. The van der Waals surface area contributed by atoms with Crippen LogP contribution in [0.15, 0.2) is 0 Å². The van der Waals surface area contributed by atoms with E-state index in [2.05, 4.69) is 39.9 Å². The molecular formula is C14H31NO. The van der Waals surface area contributed by atoms with E-state index in [-0.39, 0.29) is 5.41 Å². The molecule has 0 aromatic rings. The van der Waals surface area contributed by atoms with Gasteiger partial charge in [-0.1, -0.05) is 34.6 Å². The average Bonchev–Trinajstić information content (AvgIpc) is 2.16. The third-order valence-corrected chi connectivity index (χ3v) is 2.59. The lowest BCUT2D eigenvalue weighted by Crippen LogP contribution is -2.33. The molecule has 0 unspecified atom stereocenters. The molecule has 98 valence electrons. The van der Waals surface area contributed by atoms with Gasteiger partial charge in [-0.15, -0.1) is 0 Å². The first-order valence-electron chi connectivity index (χ1n) is 6.76. The Bertz CT molecular complexity index is 155. The summed E-state index contributed by atoms with van der Waals surface area (Å²) in [5, 5.41) is 3.45. The zero-order valence-electron chi connectivity index (χ0n) is 11.9. The molecule has 16 heavy (non-hydrogen) atoms. The summed E-state index contributed by atoms with van der Waals surface area (Å²) in [6, 6.07) is 0. The third-order valence-electron chi connectivity index (χ3n) is 2.59. The zero-order valence-corrected chi connectivity index (χ0v) is 11.9. The van der Waals surface area contributed by atoms with Crippen molar-refractivity contribution in [1.29, 1.82) is 0 Å². The SMILES string of the molecule is CCCNCC(C)(C)COCCCC(C)C. The molecule has 0 fully saturated rings. The van der Waals surface area contributed by atoms with Crippen LogP contribution >= 0.6 is 0 Å². The Morgan fingerprint density at radius 2 is 1.94 bits per heavy atom. The second-order valence-corrected chi connectivity index (χ2v) is 5.93. The largest absolute Gasteiger partial charge is 0.381 e. The van der Waals surface area contributed by atoms with E-state index in [1.165, 1.54) is 19.3 Å². The molecule has 0 aliphatic heterocycles. The molecule has 0 aromatic carbocycles. The highest BCUT2D eigenvalue weighted by atomic mass is 16.5. The summed E-state index contributed by atoms with van der Waals surface area (Å²) < 4.78 is 5.74. The summed E-state index contributed by atoms with van der Waals surface area (Å²) in [6.07, 6.45) is 3.66. The van der Waals surface area contributed by atoms with E-state index in [0.717, 1.165) is 32.2 Å². The van der Waals surface area contributed by atoms with Gasteiger partial charge in [-0.05, 0) is 31.7 Å². The van der Waals surface area contributed by atoms with Crippen molar-refractivity contribution in [1.82, 2.24) is 5.32 Å². The van der Waals surface area contributed by atoms with Crippen molar-refractivity contribution in [2.24, 2.45) is 11.3 Å². The quantitative estimate of drug-likeness (QED) is 0.579. The second kappa shape index (κ2) is 9.00. The summed E-state index contributed by atoms with van der Waals surface area (Å²) in [5.41, 5.74) is 0.257. The molecule has 0 atom stereocenters. The average molecular weight is 229 g/mol. The van der Waals surface area contributed by atoms with Gasteiger partial charge >= 0.3 is 0 Å². The van der Waals surface area contributed by atoms with Crippen LogP contribution in [-0.2, 0) is 4.74 Å². The molecule has 1 N–H and O–H groups in total. The molecule has 2 nitrogen and oxygen atoms in total. The Morgan fingerprint density at radius 1 is 1.25 bits per heavy atom. The number of hydrogen-bond acceptors (Lipinski definition) is 2. The predicted molar refractivity (Wildman–Crippen MR) is 71.8 cm³/mol. The number of hydrogen-bond donors (Lipinski definition) is 1. The highest BCUT2D eigenvalue weighted by Gasteiger charge is 2.17. The lowest BCUT2D eigenvalue weighted by molar-refractivity contribution is 0.0587. The summed E-state index contributed by atoms with van der Waals surface area (Å²) in [5.74, 6) is 0.794. The van der Waals surface area contributed by atoms with E-state index in [1.54, 1.807) is 0 Å². The summed E-state index contributed by atoms with van der Waals surface area (Å²) >= 11 is 0. The number of ether oxygens (including phenoxy) is 1. The van der Waals surface area contributed by atoms with Crippen molar-refractivity contribution in [2.45, 2.75) is 53.9 Å². The van der Waals surface area contributed by atoms with Crippen molar-refractivity contribution in [2.75, 3.05) is 26.3 Å². The second-order valence-electron chi connectivity index (χ2n) is 5.93. The van der Waals surface area contributed by atoms with E-state index in [9.17, 15) is 0 Å². The van der Waals surface area contributed by atoms with Crippen molar-refractivity contribution < 1.29 is 4.74 Å². The first-order valence-corrected chi connectivity index (χ1v) is 6.76. The van der Waals surface area contributed by atoms with Gasteiger partial charge in [0.1, 0.15) is 0 Å². The minimum absolute atomic E-state index is 0.257. The highest BCUT2D eigenvalue weighted by molar-refractivity contribution is 4.70. The smallest absolute Gasteiger partial charge is 0.0529 e. The molecule has 0 heterocycles. The van der Waals surface area contributed by atoms with Gasteiger partial charge in [0.15, 0.2) is 0 Å². The van der Waals surface area contributed by atoms with Gasteiger partial charge < -0.3 is 10.1 Å². The van der Waals surface area contributed by atoms with Gasteiger partial charge in [-0.2, -0.15) is 0 Å². The van der Waals surface area contributed by atoms with Gasteiger partial charge in [0, 0.05) is 18.6 Å². The Hall–Kier alpha value is -0.0800. The highest BCUT2D eigenvalue weighted by Crippen LogP contribution is 2.14. The van der Waals surface area contributed by atoms with Crippen molar-refractivity contribution >= 4 is 0 Å². The maximum absolute atomic E-state index is 5.74. The Balaban J connectivity index is 3.42. The molecule has 0 bridgehead atoms. The van der Waals surface area contributed by atoms with Crippen LogP contribution in [0, 0.1) is 11.3 Å². The molecule has 0 spiro atoms. The topological polar surface area (TPSA) is 21.3 Å². The standard InChI is InChI=1S/C14H31NO/c1-6-9-15-11-14(4,5)12-16-10-7-8-13(2)3/h13,15H,6-12H2,1-5H3. The molecule has 0 aliphatic carbocycles. The number of nitrogens with one attached hydrogen (secondary N) is 1. The molecule has 0 rings (SSSR count). The maximum atomic E-state index is 5.74. The summed E-state index contributed by atoms with van der Waals surface area (Å²) in [4.78, 5) is 0. The van der Waals surface area contributed by atoms with E-state index >= 15 is 0 Å². The molecule has 2 heteroatoms. The molecule has 0 aromatic heterocycles. The molecule has 0 amide bonds. The fourth-order valence-corrected chi connectivity index (χ4v) is 1.60. The molecule has 0 radical (unpaired) electrons. The van der Waals surface area contributed by atoms with Crippen LogP contribution in [0.2, 0.25) is 0 Å². The molecule has 0 saturated carbocycles. The van der Waals surface area contributed by atoms with Gasteiger partial charge in [-0.25, -0.2) is 0 Å². The van der Waals surface area contributed by atoms with Crippen molar-refractivity contribution in [3.8, 4) is 0 Å². The van der Waals surface area contributed by atoms with Gasteiger partial charge in [0.25, 0.3) is 0 Å². The van der Waals surface area contributed by atoms with E-state index < -0.39 is 0 Å². The van der Waals surface area contributed by atoms with Crippen LogP contribution in [0.3, 0.4) is 0 Å². The monoisotopic (exact) mass is 229 g/mol. The van der Waals surface area contributed by atoms with Gasteiger partial charge in [0.05, 0.1) is 6.61 Å². The normalized spacial score (nSPS) is 12.4. The van der Waals surface area contributed by atoms with E-state index in [0.29, 0.717) is 0 Å².